The summed E-state index contributed by atoms with van der Waals surface area (Å²) < 4.78 is 25.0. The summed E-state index contributed by atoms with van der Waals surface area (Å²) in [6, 6.07) is 11.0. The monoisotopic (exact) mass is 438 g/mol. The van der Waals surface area contributed by atoms with Crippen molar-refractivity contribution in [1.82, 2.24) is 4.57 Å². The highest BCUT2D eigenvalue weighted by Gasteiger charge is 2.17. The average molecular weight is 439 g/mol. The van der Waals surface area contributed by atoms with Crippen LogP contribution in [0.5, 0.6) is 17.2 Å². The Morgan fingerprint density at radius 3 is 2.68 bits per heavy atom. The molecule has 0 saturated heterocycles. The van der Waals surface area contributed by atoms with Crippen LogP contribution in [0.4, 0.5) is 0 Å². The maximum absolute atomic E-state index is 12.9. The van der Waals surface area contributed by atoms with E-state index >= 15 is 0 Å². The van der Waals surface area contributed by atoms with Crippen molar-refractivity contribution in [3.05, 3.63) is 59.6 Å². The number of furan rings is 1. The van der Waals surface area contributed by atoms with Crippen molar-refractivity contribution in [2.75, 3.05) is 20.8 Å². The van der Waals surface area contributed by atoms with Crippen LogP contribution >= 0.6 is 11.3 Å². The minimum absolute atomic E-state index is 0.153. The number of carbonyl (C=O) groups is 1. The van der Waals surface area contributed by atoms with Crippen LogP contribution in [0.3, 0.4) is 0 Å². The van der Waals surface area contributed by atoms with Gasteiger partial charge in [0.15, 0.2) is 33.4 Å². The molecule has 0 bridgehead atoms. The van der Waals surface area contributed by atoms with E-state index in [4.69, 9.17) is 18.6 Å². The number of nitrogens with zero attached hydrogens (tertiary/aromatic N) is 2. The molecule has 0 N–H and O–H groups in total. The number of carbonyl (C=O) groups excluding carboxylic acids is 1. The maximum atomic E-state index is 12.9. The third-order valence-electron chi connectivity index (χ3n) is 4.72. The van der Waals surface area contributed by atoms with Crippen molar-refractivity contribution in [2.45, 2.75) is 13.5 Å². The predicted molar refractivity (Wildman–Crippen MR) is 120 cm³/mol. The molecule has 2 aromatic heterocycles. The molecule has 8 heteroatoms. The Labute approximate surface area is 182 Å². The molecule has 0 atom stereocenters. The molecule has 31 heavy (non-hydrogen) atoms. The van der Waals surface area contributed by atoms with E-state index in [2.05, 4.69) is 11.6 Å². The number of ether oxygens (including phenoxy) is 3. The summed E-state index contributed by atoms with van der Waals surface area (Å²) in [5.74, 6) is 1.49. The van der Waals surface area contributed by atoms with Gasteiger partial charge in [0.1, 0.15) is 0 Å². The van der Waals surface area contributed by atoms with Gasteiger partial charge < -0.3 is 23.2 Å². The number of fused-ring (bicyclic) bond motifs is 2. The zero-order chi connectivity index (χ0) is 22.0. The molecule has 4 aromatic rings. The number of thiazole rings is 1. The molecule has 0 saturated carbocycles. The van der Waals surface area contributed by atoms with Crippen LogP contribution in [0.25, 0.3) is 21.2 Å². The lowest BCUT2D eigenvalue weighted by Crippen LogP contribution is -2.16. The molecule has 0 spiro atoms. The Kier molecular flexibility index (Phi) is 5.81. The van der Waals surface area contributed by atoms with Crippen molar-refractivity contribution in [3.8, 4) is 17.2 Å². The van der Waals surface area contributed by atoms with Gasteiger partial charge in [-0.3, -0.25) is 4.79 Å². The summed E-state index contributed by atoms with van der Waals surface area (Å²) in [6.07, 6.45) is 1.75. The first-order chi connectivity index (χ1) is 15.1. The highest BCUT2D eigenvalue weighted by molar-refractivity contribution is 7.16. The Morgan fingerprint density at radius 1 is 1.19 bits per heavy atom. The fourth-order valence-corrected chi connectivity index (χ4v) is 4.39. The SMILES string of the molecule is C=CCn1c(=NC(=O)c2cc3cccc(OCC)c3o2)sc2cc(OC)c(OC)cc21. The fourth-order valence-electron chi connectivity index (χ4n) is 3.34. The van der Waals surface area contributed by atoms with E-state index in [9.17, 15) is 4.79 Å². The molecule has 7 nitrogen and oxygen atoms in total. The molecule has 2 aromatic carbocycles. The highest BCUT2D eigenvalue weighted by atomic mass is 32.1. The smallest absolute Gasteiger partial charge is 0.315 e. The molecule has 0 unspecified atom stereocenters. The van der Waals surface area contributed by atoms with Crippen LogP contribution in [0.2, 0.25) is 0 Å². The van der Waals surface area contributed by atoms with Gasteiger partial charge >= 0.3 is 5.91 Å². The van der Waals surface area contributed by atoms with Crippen LogP contribution in [-0.2, 0) is 6.54 Å². The van der Waals surface area contributed by atoms with Gasteiger partial charge in [0.05, 0.1) is 31.0 Å². The lowest BCUT2D eigenvalue weighted by Gasteiger charge is -2.08. The molecule has 0 aliphatic heterocycles. The van der Waals surface area contributed by atoms with Crippen LogP contribution in [0.1, 0.15) is 17.5 Å². The van der Waals surface area contributed by atoms with Gasteiger partial charge in [0, 0.05) is 24.1 Å². The van der Waals surface area contributed by atoms with Crippen LogP contribution in [0, 0.1) is 0 Å². The minimum Gasteiger partial charge on any atom is -0.493 e. The van der Waals surface area contributed by atoms with E-state index in [1.807, 2.05) is 41.8 Å². The van der Waals surface area contributed by atoms with Gasteiger partial charge in [-0.25, -0.2) is 0 Å². The number of rotatable bonds is 7. The van der Waals surface area contributed by atoms with Crippen molar-refractivity contribution in [3.63, 3.8) is 0 Å². The Bertz CT molecular complexity index is 1350. The maximum Gasteiger partial charge on any atom is 0.315 e. The van der Waals surface area contributed by atoms with Gasteiger partial charge in [-0.15, -0.1) is 6.58 Å². The second kappa shape index (κ2) is 8.69. The topological polar surface area (TPSA) is 75.2 Å². The average Bonchev–Trinajstić information content (AvgIpc) is 3.35. The number of allylic oxidation sites excluding steroid dienone is 1. The number of amides is 1. The van der Waals surface area contributed by atoms with Gasteiger partial charge in [0.25, 0.3) is 0 Å². The quantitative estimate of drug-likeness (QED) is 0.388. The van der Waals surface area contributed by atoms with E-state index in [1.54, 1.807) is 26.4 Å². The second-order valence-electron chi connectivity index (χ2n) is 6.59. The van der Waals surface area contributed by atoms with Gasteiger partial charge in [-0.05, 0) is 19.1 Å². The highest BCUT2D eigenvalue weighted by Crippen LogP contribution is 2.33. The summed E-state index contributed by atoms with van der Waals surface area (Å²) in [5, 5.41) is 0.786. The molecule has 1 amide bonds. The number of aromatic nitrogens is 1. The third-order valence-corrected chi connectivity index (χ3v) is 5.76. The second-order valence-corrected chi connectivity index (χ2v) is 7.60. The molecule has 160 valence electrons. The number of methoxy groups -OCH3 is 2. The van der Waals surface area contributed by atoms with E-state index in [0.29, 0.717) is 40.8 Å². The van der Waals surface area contributed by atoms with Crippen molar-refractivity contribution in [1.29, 1.82) is 0 Å². The summed E-state index contributed by atoms with van der Waals surface area (Å²) >= 11 is 1.38. The van der Waals surface area contributed by atoms with Gasteiger partial charge in [0.2, 0.25) is 0 Å². The third kappa shape index (κ3) is 3.82. The molecule has 0 radical (unpaired) electrons. The fraction of sp³-hybridized carbons (Fsp3) is 0.217. The standard InChI is InChI=1S/C23H22N2O5S/c1-5-10-25-15-12-17(27-3)18(28-4)13-20(15)31-23(25)24-22(26)19-11-14-8-7-9-16(29-6-2)21(14)30-19/h5,7-9,11-13H,1,6,10H2,2-4H3. The zero-order valence-corrected chi connectivity index (χ0v) is 18.3. The largest absolute Gasteiger partial charge is 0.493 e. The van der Waals surface area contributed by atoms with Gasteiger partial charge in [-0.1, -0.05) is 29.5 Å². The molecule has 0 aliphatic carbocycles. The molecule has 2 heterocycles. The van der Waals surface area contributed by atoms with E-state index in [0.717, 1.165) is 15.6 Å². The first-order valence-electron chi connectivity index (χ1n) is 9.70. The molecular weight excluding hydrogens is 416 g/mol. The van der Waals surface area contributed by atoms with E-state index < -0.39 is 5.91 Å². The van der Waals surface area contributed by atoms with Crippen LogP contribution in [0.15, 0.2) is 58.5 Å². The van der Waals surface area contributed by atoms with Crippen molar-refractivity contribution in [2.24, 2.45) is 4.99 Å². The van der Waals surface area contributed by atoms with E-state index in [1.165, 1.54) is 11.3 Å². The lowest BCUT2D eigenvalue weighted by atomic mass is 10.2. The van der Waals surface area contributed by atoms with Gasteiger partial charge in [-0.2, -0.15) is 4.99 Å². The lowest BCUT2D eigenvalue weighted by molar-refractivity contribution is 0.0973. The zero-order valence-electron chi connectivity index (χ0n) is 17.5. The molecule has 0 aliphatic rings. The first kappa shape index (κ1) is 20.7. The normalized spacial score (nSPS) is 11.8. The summed E-state index contributed by atoms with van der Waals surface area (Å²) in [5.41, 5.74) is 1.41. The van der Waals surface area contributed by atoms with E-state index in [-0.39, 0.29) is 5.76 Å². The predicted octanol–water partition coefficient (Wildman–Crippen LogP) is 4.79. The Morgan fingerprint density at radius 2 is 1.97 bits per heavy atom. The first-order valence-corrected chi connectivity index (χ1v) is 10.5. The Hall–Kier alpha value is -3.52. The summed E-state index contributed by atoms with van der Waals surface area (Å²) in [7, 11) is 3.17. The van der Waals surface area contributed by atoms with Crippen molar-refractivity contribution < 1.29 is 23.4 Å². The minimum atomic E-state index is -0.470. The molecule has 4 rings (SSSR count). The molecule has 0 fully saturated rings. The number of hydrogen-bond donors (Lipinski definition) is 0. The summed E-state index contributed by atoms with van der Waals surface area (Å²) in [6.45, 7) is 6.70. The summed E-state index contributed by atoms with van der Waals surface area (Å²) in [4.78, 5) is 17.8. The molecular formula is C23H22N2O5S. The number of benzene rings is 2. The van der Waals surface area contributed by atoms with Crippen LogP contribution < -0.4 is 19.0 Å². The number of para-hydroxylation sites is 1. The number of hydrogen-bond acceptors (Lipinski definition) is 6. The van der Waals surface area contributed by atoms with Crippen molar-refractivity contribution >= 4 is 38.4 Å². The Balaban J connectivity index is 1.83. The van der Waals surface area contributed by atoms with Crippen LogP contribution in [-0.4, -0.2) is 31.3 Å².